The third kappa shape index (κ3) is 6.26. The standard InChI is InChI=1S/C14H20F3N3O3S/c1-13(2,3)24(21,22)9-8-19-12(18)20-10-6-4-5-7-11(10)23-14(15,16)17/h4-7H,8-9H2,1-3H3,(H3,18,19,20). The van der Waals surface area contributed by atoms with Crippen LogP contribution in [0.4, 0.5) is 18.9 Å². The minimum atomic E-state index is -4.84. The van der Waals surface area contributed by atoms with E-state index in [0.29, 0.717) is 0 Å². The summed E-state index contributed by atoms with van der Waals surface area (Å²) in [7, 11) is -3.36. The Kier molecular flexibility index (Phi) is 6.09. The molecule has 1 aromatic rings. The number of sulfone groups is 1. The summed E-state index contributed by atoms with van der Waals surface area (Å²) < 4.78 is 63.8. The predicted molar refractivity (Wildman–Crippen MR) is 86.8 cm³/mol. The number of alkyl halides is 3. The molecule has 6 nitrogen and oxygen atoms in total. The first-order chi connectivity index (χ1) is 10.8. The molecule has 0 unspecified atom stereocenters. The SMILES string of the molecule is CC(C)(C)S(=O)(=O)CCN=C(N)Nc1ccccc1OC(F)(F)F. The van der Waals surface area contributed by atoms with Gasteiger partial charge in [0.25, 0.3) is 0 Å². The molecule has 1 aromatic carbocycles. The maximum absolute atomic E-state index is 12.3. The van der Waals surface area contributed by atoms with Crippen molar-refractivity contribution < 1.29 is 26.3 Å². The molecule has 10 heteroatoms. The quantitative estimate of drug-likeness (QED) is 0.616. The first-order valence-electron chi connectivity index (χ1n) is 6.96. The minimum Gasteiger partial charge on any atom is -0.404 e. The number of guanidine groups is 1. The van der Waals surface area contributed by atoms with Crippen LogP contribution in [0, 0.1) is 0 Å². The third-order valence-corrected chi connectivity index (χ3v) is 5.54. The molecule has 136 valence electrons. The molecule has 0 aliphatic rings. The zero-order valence-electron chi connectivity index (χ0n) is 13.5. The van der Waals surface area contributed by atoms with Gasteiger partial charge < -0.3 is 15.8 Å². The summed E-state index contributed by atoms with van der Waals surface area (Å²) in [6, 6.07) is 5.31. The number of nitrogens with zero attached hydrogens (tertiary/aromatic N) is 1. The number of rotatable bonds is 5. The van der Waals surface area contributed by atoms with Gasteiger partial charge in [-0.2, -0.15) is 0 Å². The zero-order chi connectivity index (χ0) is 18.6. The Morgan fingerprint density at radius 1 is 1.25 bits per heavy atom. The van der Waals surface area contributed by atoms with Crippen molar-refractivity contribution in [1.82, 2.24) is 0 Å². The van der Waals surface area contributed by atoms with E-state index in [-0.39, 0.29) is 23.9 Å². The summed E-state index contributed by atoms with van der Waals surface area (Å²) in [5.74, 6) is -0.901. The number of anilines is 1. The van der Waals surface area contributed by atoms with Gasteiger partial charge in [0.15, 0.2) is 21.5 Å². The lowest BCUT2D eigenvalue weighted by molar-refractivity contribution is -0.274. The van der Waals surface area contributed by atoms with E-state index in [1.54, 1.807) is 20.8 Å². The monoisotopic (exact) mass is 367 g/mol. The van der Waals surface area contributed by atoms with Crippen LogP contribution in [0.15, 0.2) is 29.3 Å². The first kappa shape index (κ1) is 20.1. The van der Waals surface area contributed by atoms with Gasteiger partial charge in [-0.05, 0) is 32.9 Å². The predicted octanol–water partition coefficient (Wildman–Crippen LogP) is 2.53. The van der Waals surface area contributed by atoms with E-state index in [1.165, 1.54) is 18.2 Å². The number of halogens is 3. The lowest BCUT2D eigenvalue weighted by Crippen LogP contribution is -2.32. The van der Waals surface area contributed by atoms with Gasteiger partial charge in [-0.15, -0.1) is 13.2 Å². The van der Waals surface area contributed by atoms with Crippen LogP contribution in [0.3, 0.4) is 0 Å². The number of benzene rings is 1. The van der Waals surface area contributed by atoms with Crippen LogP contribution in [-0.4, -0.2) is 37.8 Å². The topological polar surface area (TPSA) is 93.8 Å². The highest BCUT2D eigenvalue weighted by Crippen LogP contribution is 2.29. The fourth-order valence-corrected chi connectivity index (χ4v) is 2.50. The highest BCUT2D eigenvalue weighted by Gasteiger charge is 2.32. The van der Waals surface area contributed by atoms with Crippen LogP contribution >= 0.6 is 0 Å². The number of nitrogens with one attached hydrogen (secondary N) is 1. The number of ether oxygens (including phenoxy) is 1. The molecule has 0 atom stereocenters. The molecule has 0 radical (unpaired) electrons. The molecule has 0 fully saturated rings. The van der Waals surface area contributed by atoms with Gasteiger partial charge in [-0.3, -0.25) is 4.99 Å². The number of aliphatic imine (C=N–C) groups is 1. The van der Waals surface area contributed by atoms with E-state index in [9.17, 15) is 21.6 Å². The van der Waals surface area contributed by atoms with Crippen LogP contribution < -0.4 is 15.8 Å². The second-order valence-electron chi connectivity index (χ2n) is 5.87. The molecule has 3 N–H and O–H groups in total. The van der Waals surface area contributed by atoms with Crippen molar-refractivity contribution in [3.63, 3.8) is 0 Å². The molecule has 0 aliphatic heterocycles. The van der Waals surface area contributed by atoms with E-state index < -0.39 is 26.7 Å². The van der Waals surface area contributed by atoms with Crippen molar-refractivity contribution >= 4 is 21.5 Å². The normalized spacial score (nSPS) is 13.7. The number of hydrogen-bond donors (Lipinski definition) is 2. The van der Waals surface area contributed by atoms with E-state index in [1.807, 2.05) is 0 Å². The van der Waals surface area contributed by atoms with Crippen molar-refractivity contribution in [1.29, 1.82) is 0 Å². The molecule has 0 aromatic heterocycles. The summed E-state index contributed by atoms with van der Waals surface area (Å²) in [5.41, 5.74) is 5.55. The largest absolute Gasteiger partial charge is 0.573 e. The summed E-state index contributed by atoms with van der Waals surface area (Å²) in [6.07, 6.45) is -4.84. The molecular formula is C14H20F3N3O3S. The zero-order valence-corrected chi connectivity index (χ0v) is 14.3. The minimum absolute atomic E-state index is 0.0326. The Morgan fingerprint density at radius 2 is 1.83 bits per heavy atom. The van der Waals surface area contributed by atoms with Crippen molar-refractivity contribution in [3.05, 3.63) is 24.3 Å². The van der Waals surface area contributed by atoms with Gasteiger partial charge in [0.2, 0.25) is 0 Å². The summed E-state index contributed by atoms with van der Waals surface area (Å²) in [5, 5.41) is 2.47. The highest BCUT2D eigenvalue weighted by molar-refractivity contribution is 7.92. The molecule has 0 spiro atoms. The van der Waals surface area contributed by atoms with E-state index >= 15 is 0 Å². The Bertz CT molecular complexity index is 695. The molecule has 0 aliphatic carbocycles. The third-order valence-electron chi connectivity index (χ3n) is 2.95. The van der Waals surface area contributed by atoms with Crippen LogP contribution in [0.25, 0.3) is 0 Å². The first-order valence-corrected chi connectivity index (χ1v) is 8.61. The van der Waals surface area contributed by atoms with Gasteiger partial charge in [-0.1, -0.05) is 12.1 Å². The Morgan fingerprint density at radius 3 is 2.38 bits per heavy atom. The van der Waals surface area contributed by atoms with Crippen molar-refractivity contribution in [3.8, 4) is 5.75 Å². The van der Waals surface area contributed by atoms with Gasteiger partial charge >= 0.3 is 6.36 Å². The van der Waals surface area contributed by atoms with Gasteiger partial charge in [0.1, 0.15) is 0 Å². The fraction of sp³-hybridized carbons (Fsp3) is 0.500. The molecule has 1 rings (SSSR count). The van der Waals surface area contributed by atoms with E-state index in [4.69, 9.17) is 5.73 Å². The highest BCUT2D eigenvalue weighted by atomic mass is 32.2. The number of hydrogen-bond acceptors (Lipinski definition) is 4. The molecule has 0 saturated carbocycles. The lowest BCUT2D eigenvalue weighted by atomic mass is 10.3. The van der Waals surface area contributed by atoms with Crippen LogP contribution in [-0.2, 0) is 9.84 Å². The van der Waals surface area contributed by atoms with Crippen molar-refractivity contribution in [2.45, 2.75) is 31.9 Å². The fourth-order valence-electron chi connectivity index (χ4n) is 1.55. The second kappa shape index (κ2) is 7.29. The summed E-state index contributed by atoms with van der Waals surface area (Å²) >= 11 is 0. The Balaban J connectivity index is 2.77. The Labute approximate surface area is 138 Å². The van der Waals surface area contributed by atoms with Gasteiger partial charge in [0.05, 0.1) is 22.7 Å². The van der Waals surface area contributed by atoms with Crippen molar-refractivity contribution in [2.24, 2.45) is 10.7 Å². The van der Waals surface area contributed by atoms with E-state index in [2.05, 4.69) is 15.0 Å². The van der Waals surface area contributed by atoms with E-state index in [0.717, 1.165) is 6.07 Å². The maximum Gasteiger partial charge on any atom is 0.573 e. The number of para-hydroxylation sites is 2. The average molecular weight is 367 g/mol. The molecule has 0 saturated heterocycles. The Hall–Kier alpha value is -1.97. The smallest absolute Gasteiger partial charge is 0.404 e. The van der Waals surface area contributed by atoms with Crippen LogP contribution in [0.2, 0.25) is 0 Å². The second-order valence-corrected chi connectivity index (χ2v) is 8.73. The molecule has 0 bridgehead atoms. The van der Waals surface area contributed by atoms with Crippen LogP contribution in [0.5, 0.6) is 5.75 Å². The maximum atomic E-state index is 12.3. The molecule has 24 heavy (non-hydrogen) atoms. The lowest BCUT2D eigenvalue weighted by Gasteiger charge is -2.18. The van der Waals surface area contributed by atoms with Crippen molar-refractivity contribution in [2.75, 3.05) is 17.6 Å². The van der Waals surface area contributed by atoms with Crippen LogP contribution in [0.1, 0.15) is 20.8 Å². The van der Waals surface area contributed by atoms with Gasteiger partial charge in [-0.25, -0.2) is 8.42 Å². The summed E-state index contributed by atoms with van der Waals surface area (Å²) in [4.78, 5) is 3.82. The van der Waals surface area contributed by atoms with Gasteiger partial charge in [0, 0.05) is 0 Å². The molecular weight excluding hydrogens is 347 g/mol. The molecule has 0 amide bonds. The summed E-state index contributed by atoms with van der Waals surface area (Å²) in [6.45, 7) is 4.59. The average Bonchev–Trinajstić information content (AvgIpc) is 2.37. The molecule has 0 heterocycles. The number of nitrogens with two attached hydrogens (primary N) is 1.